The molecule has 3 N–H and O–H groups in total. The molecule has 1 aromatic carbocycles. The molecular formula is C24H33N3O5. The van der Waals surface area contributed by atoms with Crippen molar-refractivity contribution < 1.29 is 24.2 Å². The lowest BCUT2D eigenvalue weighted by molar-refractivity contribution is -0.149. The molecule has 0 aliphatic carbocycles. The Morgan fingerprint density at radius 3 is 2.47 bits per heavy atom. The third kappa shape index (κ3) is 3.40. The fraction of sp³-hybridized carbons (Fsp3) is 0.625. The van der Waals surface area contributed by atoms with E-state index in [-0.39, 0.29) is 24.3 Å². The molecule has 0 radical (unpaired) electrons. The number of hydrogen-bond acceptors (Lipinski definition) is 5. The SMILES string of the molecule is C[C@H](CO)N1C(=O)[C@@H]2[C@H](C(=O)Nc3ccccc3)[C@]3(C)CCC2(O3)C1C(=O)NC(C)(C)C. The number of benzene rings is 1. The number of fused-ring (bicyclic) bond motifs is 1. The number of likely N-dealkylation sites (tertiary alicyclic amines) is 1. The van der Waals surface area contributed by atoms with E-state index in [0.717, 1.165) is 0 Å². The summed E-state index contributed by atoms with van der Waals surface area (Å²) in [7, 11) is 0. The Kier molecular flexibility index (Phi) is 5.37. The van der Waals surface area contributed by atoms with Gasteiger partial charge in [0.05, 0.1) is 30.1 Å². The minimum Gasteiger partial charge on any atom is -0.394 e. The van der Waals surface area contributed by atoms with Crippen molar-refractivity contribution in [3.63, 3.8) is 0 Å². The molecule has 3 fully saturated rings. The van der Waals surface area contributed by atoms with Gasteiger partial charge in [-0.15, -0.1) is 0 Å². The summed E-state index contributed by atoms with van der Waals surface area (Å²) in [6.07, 6.45) is 1.08. The van der Waals surface area contributed by atoms with E-state index >= 15 is 0 Å². The maximum absolute atomic E-state index is 13.7. The summed E-state index contributed by atoms with van der Waals surface area (Å²) in [6, 6.07) is 7.62. The van der Waals surface area contributed by atoms with E-state index in [9.17, 15) is 19.5 Å². The number of para-hydroxylation sites is 1. The number of aliphatic hydroxyl groups excluding tert-OH is 1. The largest absolute Gasteiger partial charge is 0.394 e. The van der Waals surface area contributed by atoms with Gasteiger partial charge in [0.25, 0.3) is 0 Å². The minimum absolute atomic E-state index is 0.285. The molecule has 2 unspecified atom stereocenters. The molecule has 3 aliphatic heterocycles. The van der Waals surface area contributed by atoms with Crippen molar-refractivity contribution in [3.05, 3.63) is 30.3 Å². The number of nitrogens with zero attached hydrogens (tertiary/aromatic N) is 1. The van der Waals surface area contributed by atoms with E-state index in [1.165, 1.54) is 4.90 Å². The second-order valence-electron chi connectivity index (χ2n) is 10.6. The Morgan fingerprint density at radius 1 is 1.22 bits per heavy atom. The Hall–Kier alpha value is -2.45. The van der Waals surface area contributed by atoms with Gasteiger partial charge in [0.1, 0.15) is 11.6 Å². The first-order valence-electron chi connectivity index (χ1n) is 11.2. The zero-order valence-electron chi connectivity index (χ0n) is 19.3. The number of carbonyl (C=O) groups excluding carboxylic acids is 3. The molecular weight excluding hydrogens is 410 g/mol. The van der Waals surface area contributed by atoms with E-state index in [4.69, 9.17) is 4.74 Å². The first-order chi connectivity index (χ1) is 14.9. The smallest absolute Gasteiger partial charge is 0.246 e. The fourth-order valence-corrected chi connectivity index (χ4v) is 5.81. The summed E-state index contributed by atoms with van der Waals surface area (Å²) < 4.78 is 6.52. The second-order valence-corrected chi connectivity index (χ2v) is 10.6. The topological polar surface area (TPSA) is 108 Å². The summed E-state index contributed by atoms with van der Waals surface area (Å²) in [5.74, 6) is -2.43. The zero-order valence-corrected chi connectivity index (χ0v) is 19.3. The Balaban J connectivity index is 1.74. The van der Waals surface area contributed by atoms with Gasteiger partial charge in [0, 0.05) is 11.2 Å². The van der Waals surface area contributed by atoms with Gasteiger partial charge in [0.2, 0.25) is 17.7 Å². The van der Waals surface area contributed by atoms with Crippen molar-refractivity contribution in [2.45, 2.75) is 76.3 Å². The Bertz CT molecular complexity index is 929. The molecule has 0 aromatic heterocycles. The van der Waals surface area contributed by atoms with E-state index in [1.807, 2.05) is 45.9 Å². The van der Waals surface area contributed by atoms with Crippen LogP contribution in [-0.4, -0.2) is 63.2 Å². The van der Waals surface area contributed by atoms with Crippen LogP contribution in [0.25, 0.3) is 0 Å². The van der Waals surface area contributed by atoms with Crippen LogP contribution in [0, 0.1) is 11.8 Å². The van der Waals surface area contributed by atoms with Gasteiger partial charge in [-0.25, -0.2) is 0 Å². The Morgan fingerprint density at radius 2 is 1.88 bits per heavy atom. The summed E-state index contributed by atoms with van der Waals surface area (Å²) in [6.45, 7) is 8.91. The van der Waals surface area contributed by atoms with Crippen LogP contribution < -0.4 is 10.6 Å². The molecule has 1 spiro atoms. The number of aliphatic hydroxyl groups is 1. The maximum atomic E-state index is 13.7. The van der Waals surface area contributed by atoms with Gasteiger partial charge in [-0.05, 0) is 59.6 Å². The number of carbonyl (C=O) groups is 3. The molecule has 32 heavy (non-hydrogen) atoms. The predicted octanol–water partition coefficient (Wildman–Crippen LogP) is 1.69. The third-order valence-electron chi connectivity index (χ3n) is 7.02. The van der Waals surface area contributed by atoms with Gasteiger partial charge in [-0.1, -0.05) is 18.2 Å². The number of rotatable bonds is 5. The van der Waals surface area contributed by atoms with Gasteiger partial charge in [-0.2, -0.15) is 0 Å². The van der Waals surface area contributed by atoms with Gasteiger partial charge >= 0.3 is 0 Å². The monoisotopic (exact) mass is 443 g/mol. The number of ether oxygens (including phenoxy) is 1. The maximum Gasteiger partial charge on any atom is 0.246 e. The lowest BCUT2D eigenvalue weighted by Gasteiger charge is -2.37. The normalized spacial score (nSPS) is 34.4. The minimum atomic E-state index is -1.09. The quantitative estimate of drug-likeness (QED) is 0.642. The van der Waals surface area contributed by atoms with Gasteiger partial charge < -0.3 is 25.4 Å². The van der Waals surface area contributed by atoms with Gasteiger partial charge in [-0.3, -0.25) is 14.4 Å². The number of anilines is 1. The first-order valence-corrected chi connectivity index (χ1v) is 11.2. The highest BCUT2D eigenvalue weighted by atomic mass is 16.5. The van der Waals surface area contributed by atoms with Crippen LogP contribution in [-0.2, 0) is 19.1 Å². The molecule has 8 heteroatoms. The lowest BCUT2D eigenvalue weighted by atomic mass is 9.66. The number of nitrogens with one attached hydrogen (secondary N) is 2. The van der Waals surface area contributed by atoms with Crippen molar-refractivity contribution in [1.82, 2.24) is 10.2 Å². The first kappa shape index (κ1) is 22.7. The van der Waals surface area contributed by atoms with E-state index in [2.05, 4.69) is 10.6 Å². The molecule has 0 saturated carbocycles. The van der Waals surface area contributed by atoms with Crippen LogP contribution in [0.1, 0.15) is 47.5 Å². The Labute approximate surface area is 188 Å². The van der Waals surface area contributed by atoms with Crippen molar-refractivity contribution in [1.29, 1.82) is 0 Å². The third-order valence-corrected chi connectivity index (χ3v) is 7.02. The second kappa shape index (κ2) is 7.56. The predicted molar refractivity (Wildman–Crippen MR) is 119 cm³/mol. The summed E-state index contributed by atoms with van der Waals surface area (Å²) in [5, 5.41) is 15.8. The van der Waals surface area contributed by atoms with Crippen LogP contribution in [0.2, 0.25) is 0 Å². The number of amides is 3. The molecule has 8 nitrogen and oxygen atoms in total. The molecule has 1 aromatic rings. The van der Waals surface area contributed by atoms with E-state index in [0.29, 0.717) is 18.5 Å². The van der Waals surface area contributed by atoms with E-state index < -0.39 is 40.7 Å². The van der Waals surface area contributed by atoms with Crippen molar-refractivity contribution in [3.8, 4) is 0 Å². The van der Waals surface area contributed by atoms with Crippen LogP contribution in [0.15, 0.2) is 30.3 Å². The summed E-state index contributed by atoms with van der Waals surface area (Å²) in [4.78, 5) is 42.1. The van der Waals surface area contributed by atoms with Crippen LogP contribution in [0.5, 0.6) is 0 Å². The highest BCUT2D eigenvalue weighted by Gasteiger charge is 2.78. The zero-order chi connectivity index (χ0) is 23.5. The molecule has 2 bridgehead atoms. The summed E-state index contributed by atoms with van der Waals surface area (Å²) >= 11 is 0. The molecule has 6 atom stereocenters. The molecule has 3 aliphatic rings. The number of hydrogen-bond donors (Lipinski definition) is 3. The van der Waals surface area contributed by atoms with Crippen molar-refractivity contribution in [2.75, 3.05) is 11.9 Å². The lowest BCUT2D eigenvalue weighted by Crippen LogP contribution is -2.60. The highest BCUT2D eigenvalue weighted by Crippen LogP contribution is 2.63. The molecule has 3 amide bonds. The standard InChI is InChI=1S/C24H33N3O5/c1-14(13-28)27-18(20(30)26-22(2,3)4)24-12-11-23(5,32-24)16(17(24)21(27)31)19(29)25-15-9-7-6-8-10-15/h6-10,14,16-18,28H,11-13H2,1-5H3,(H,25,29)(H,26,30)/t14-,16-,17+,18?,23+,24?/m1/s1. The fourth-order valence-electron chi connectivity index (χ4n) is 5.81. The van der Waals surface area contributed by atoms with Crippen molar-refractivity contribution >= 4 is 23.4 Å². The average Bonchev–Trinajstić information content (AvgIpc) is 3.27. The van der Waals surface area contributed by atoms with E-state index in [1.54, 1.807) is 19.1 Å². The molecule has 3 heterocycles. The van der Waals surface area contributed by atoms with Crippen LogP contribution in [0.3, 0.4) is 0 Å². The van der Waals surface area contributed by atoms with Crippen LogP contribution >= 0.6 is 0 Å². The molecule has 174 valence electrons. The average molecular weight is 444 g/mol. The summed E-state index contributed by atoms with van der Waals surface area (Å²) in [5.41, 5.74) is -1.80. The molecule has 4 rings (SSSR count). The van der Waals surface area contributed by atoms with Gasteiger partial charge in [0.15, 0.2) is 0 Å². The van der Waals surface area contributed by atoms with Crippen molar-refractivity contribution in [2.24, 2.45) is 11.8 Å². The molecule has 3 saturated heterocycles. The van der Waals surface area contributed by atoms with Crippen LogP contribution in [0.4, 0.5) is 5.69 Å². The highest BCUT2D eigenvalue weighted by molar-refractivity contribution is 6.02.